The Balaban J connectivity index is 2.92. The summed E-state index contributed by atoms with van der Waals surface area (Å²) in [5.74, 6) is 0.685. The van der Waals surface area contributed by atoms with Crippen LogP contribution in [-0.2, 0) is 0 Å². The van der Waals surface area contributed by atoms with Gasteiger partial charge in [-0.3, -0.25) is 10.1 Å². The Morgan fingerprint density at radius 2 is 2.06 bits per heavy atom. The SMILES string of the molecule is COc1cc([N+](=O)[O-])c(OC)c2c(C)c[nH]c12. The van der Waals surface area contributed by atoms with E-state index in [1.54, 1.807) is 6.20 Å². The van der Waals surface area contributed by atoms with Crippen molar-refractivity contribution in [3.63, 3.8) is 0 Å². The number of aromatic amines is 1. The molecule has 0 fully saturated rings. The average Bonchev–Trinajstić information content (AvgIpc) is 2.69. The van der Waals surface area contributed by atoms with E-state index >= 15 is 0 Å². The lowest BCUT2D eigenvalue weighted by atomic mass is 10.1. The summed E-state index contributed by atoms with van der Waals surface area (Å²) in [6.07, 6.45) is 1.76. The monoisotopic (exact) mass is 236 g/mol. The lowest BCUT2D eigenvalue weighted by Gasteiger charge is -2.07. The smallest absolute Gasteiger partial charge is 0.315 e. The number of rotatable bonds is 3. The van der Waals surface area contributed by atoms with Crippen LogP contribution in [0.1, 0.15) is 5.56 Å². The van der Waals surface area contributed by atoms with Crippen LogP contribution < -0.4 is 9.47 Å². The number of hydrogen-bond acceptors (Lipinski definition) is 4. The Hall–Kier alpha value is -2.24. The summed E-state index contributed by atoms with van der Waals surface area (Å²) in [4.78, 5) is 13.5. The van der Waals surface area contributed by atoms with Crippen molar-refractivity contribution in [3.8, 4) is 11.5 Å². The minimum absolute atomic E-state index is 0.0976. The van der Waals surface area contributed by atoms with E-state index < -0.39 is 4.92 Å². The van der Waals surface area contributed by atoms with E-state index in [2.05, 4.69) is 4.98 Å². The van der Waals surface area contributed by atoms with Gasteiger partial charge in [-0.1, -0.05) is 0 Å². The summed E-state index contributed by atoms with van der Waals surface area (Å²) < 4.78 is 10.3. The lowest BCUT2D eigenvalue weighted by molar-refractivity contribution is -0.385. The number of nitrogens with zero attached hydrogens (tertiary/aromatic N) is 1. The Morgan fingerprint density at radius 1 is 1.35 bits per heavy atom. The van der Waals surface area contributed by atoms with Crippen LogP contribution in [0.3, 0.4) is 0 Å². The summed E-state index contributed by atoms with van der Waals surface area (Å²) in [6, 6.07) is 1.36. The van der Waals surface area contributed by atoms with Crippen LogP contribution >= 0.6 is 0 Å². The molecule has 1 aromatic carbocycles. The van der Waals surface area contributed by atoms with Crippen LogP contribution in [0.5, 0.6) is 11.5 Å². The van der Waals surface area contributed by atoms with Crippen molar-refractivity contribution in [2.45, 2.75) is 6.92 Å². The molecule has 2 rings (SSSR count). The van der Waals surface area contributed by atoms with Crippen molar-refractivity contribution < 1.29 is 14.4 Å². The van der Waals surface area contributed by atoms with E-state index in [1.165, 1.54) is 20.3 Å². The van der Waals surface area contributed by atoms with Crippen molar-refractivity contribution in [2.75, 3.05) is 14.2 Å². The fourth-order valence-corrected chi connectivity index (χ4v) is 1.90. The molecule has 6 nitrogen and oxygen atoms in total. The molecule has 0 aliphatic rings. The zero-order chi connectivity index (χ0) is 12.6. The fourth-order valence-electron chi connectivity index (χ4n) is 1.90. The third kappa shape index (κ3) is 1.57. The molecular weight excluding hydrogens is 224 g/mol. The molecule has 0 amide bonds. The summed E-state index contributed by atoms with van der Waals surface area (Å²) >= 11 is 0. The van der Waals surface area contributed by atoms with Crippen LogP contribution in [0.25, 0.3) is 10.9 Å². The topological polar surface area (TPSA) is 77.4 Å². The standard InChI is InChI=1S/C11H12N2O4/c1-6-5-12-10-8(16-2)4-7(13(14)15)11(17-3)9(6)10/h4-5,12H,1-3H3. The van der Waals surface area contributed by atoms with Gasteiger partial charge in [0.2, 0.25) is 5.75 Å². The Labute approximate surface area is 97.3 Å². The van der Waals surface area contributed by atoms with Gasteiger partial charge in [-0.15, -0.1) is 0 Å². The molecular formula is C11H12N2O4. The molecule has 0 aliphatic heterocycles. The van der Waals surface area contributed by atoms with Gasteiger partial charge >= 0.3 is 5.69 Å². The normalized spacial score (nSPS) is 10.5. The molecule has 1 N–H and O–H groups in total. The molecule has 0 saturated carbocycles. The summed E-state index contributed by atoms with van der Waals surface area (Å²) in [7, 11) is 2.89. The largest absolute Gasteiger partial charge is 0.494 e. The van der Waals surface area contributed by atoms with Gasteiger partial charge in [-0.25, -0.2) is 0 Å². The van der Waals surface area contributed by atoms with E-state index in [0.717, 1.165) is 5.56 Å². The third-order valence-corrected chi connectivity index (χ3v) is 2.67. The predicted molar refractivity (Wildman–Crippen MR) is 62.8 cm³/mol. The number of methoxy groups -OCH3 is 2. The van der Waals surface area contributed by atoms with Gasteiger partial charge in [-0.05, 0) is 12.5 Å². The Bertz CT molecular complexity index is 589. The highest BCUT2D eigenvalue weighted by atomic mass is 16.6. The quantitative estimate of drug-likeness (QED) is 0.655. The first-order valence-corrected chi connectivity index (χ1v) is 4.97. The summed E-state index contributed by atoms with van der Waals surface area (Å²) in [5, 5.41) is 11.7. The molecule has 1 aromatic heterocycles. The molecule has 90 valence electrons. The number of nitro benzene ring substituents is 1. The maximum absolute atomic E-state index is 11.0. The highest BCUT2D eigenvalue weighted by Crippen LogP contribution is 2.41. The zero-order valence-corrected chi connectivity index (χ0v) is 9.73. The van der Waals surface area contributed by atoms with Gasteiger partial charge in [0.1, 0.15) is 5.75 Å². The predicted octanol–water partition coefficient (Wildman–Crippen LogP) is 2.40. The Morgan fingerprint density at radius 3 is 2.59 bits per heavy atom. The van der Waals surface area contributed by atoms with Crippen molar-refractivity contribution in [1.82, 2.24) is 4.98 Å². The molecule has 2 aromatic rings. The molecule has 0 unspecified atom stereocenters. The number of nitrogens with one attached hydrogen (secondary N) is 1. The molecule has 6 heteroatoms. The molecule has 0 aliphatic carbocycles. The highest BCUT2D eigenvalue weighted by Gasteiger charge is 2.23. The van der Waals surface area contributed by atoms with Gasteiger partial charge in [0.15, 0.2) is 0 Å². The molecule has 17 heavy (non-hydrogen) atoms. The molecule has 1 heterocycles. The van der Waals surface area contributed by atoms with Gasteiger partial charge in [0, 0.05) is 6.20 Å². The number of H-pyrrole nitrogens is 1. The van der Waals surface area contributed by atoms with Crippen LogP contribution in [0.4, 0.5) is 5.69 Å². The van der Waals surface area contributed by atoms with Crippen LogP contribution in [0.2, 0.25) is 0 Å². The number of hydrogen-bond donors (Lipinski definition) is 1. The van der Waals surface area contributed by atoms with Gasteiger partial charge in [0.25, 0.3) is 0 Å². The molecule has 0 radical (unpaired) electrons. The highest BCUT2D eigenvalue weighted by molar-refractivity contribution is 5.97. The van der Waals surface area contributed by atoms with Gasteiger partial charge < -0.3 is 14.5 Å². The fraction of sp³-hybridized carbons (Fsp3) is 0.273. The molecule has 0 saturated heterocycles. The number of fused-ring (bicyclic) bond motifs is 1. The molecule has 0 spiro atoms. The number of ether oxygens (including phenoxy) is 2. The molecule has 0 bridgehead atoms. The van der Waals surface area contributed by atoms with Crippen LogP contribution in [-0.4, -0.2) is 24.1 Å². The van der Waals surface area contributed by atoms with Crippen molar-refractivity contribution in [2.24, 2.45) is 0 Å². The maximum atomic E-state index is 11.0. The number of nitro groups is 1. The van der Waals surface area contributed by atoms with E-state index in [-0.39, 0.29) is 11.4 Å². The first-order chi connectivity index (χ1) is 8.10. The van der Waals surface area contributed by atoms with E-state index in [1.807, 2.05) is 6.92 Å². The van der Waals surface area contributed by atoms with Crippen LogP contribution in [0.15, 0.2) is 12.3 Å². The first kappa shape index (κ1) is 11.3. The van der Waals surface area contributed by atoms with Gasteiger partial charge in [-0.2, -0.15) is 0 Å². The summed E-state index contributed by atoms with van der Waals surface area (Å²) in [6.45, 7) is 1.85. The maximum Gasteiger partial charge on any atom is 0.315 e. The van der Waals surface area contributed by atoms with E-state index in [9.17, 15) is 10.1 Å². The number of aromatic nitrogens is 1. The number of aryl methyl sites for hydroxylation is 1. The van der Waals surface area contributed by atoms with Crippen molar-refractivity contribution >= 4 is 16.6 Å². The van der Waals surface area contributed by atoms with Crippen molar-refractivity contribution in [1.29, 1.82) is 0 Å². The average molecular weight is 236 g/mol. The zero-order valence-electron chi connectivity index (χ0n) is 9.73. The second kappa shape index (κ2) is 3.97. The first-order valence-electron chi connectivity index (χ1n) is 4.97. The lowest BCUT2D eigenvalue weighted by Crippen LogP contribution is -1.96. The number of benzene rings is 1. The van der Waals surface area contributed by atoms with Crippen molar-refractivity contribution in [3.05, 3.63) is 27.9 Å². The van der Waals surface area contributed by atoms with Crippen LogP contribution in [0, 0.1) is 17.0 Å². The minimum atomic E-state index is -0.479. The second-order valence-corrected chi connectivity index (χ2v) is 3.61. The summed E-state index contributed by atoms with van der Waals surface area (Å²) in [5.41, 5.74) is 1.48. The Kier molecular flexibility index (Phi) is 2.63. The van der Waals surface area contributed by atoms with Gasteiger partial charge in [0.05, 0.1) is 36.1 Å². The van der Waals surface area contributed by atoms with E-state index in [0.29, 0.717) is 16.7 Å². The second-order valence-electron chi connectivity index (χ2n) is 3.61. The minimum Gasteiger partial charge on any atom is -0.494 e. The third-order valence-electron chi connectivity index (χ3n) is 2.67. The molecule has 0 atom stereocenters. The van der Waals surface area contributed by atoms with E-state index in [4.69, 9.17) is 9.47 Å².